The smallest absolute Gasteiger partial charge is 0.345 e. The molecule has 1 aromatic heterocycles. The van der Waals surface area contributed by atoms with Crippen LogP contribution in [-0.2, 0) is 10.0 Å². The Hall–Kier alpha value is -0.440. The highest BCUT2D eigenvalue weighted by Crippen LogP contribution is 2.34. The number of halogens is 1. The molecule has 108 valence electrons. The van der Waals surface area contributed by atoms with Gasteiger partial charge in [-0.1, -0.05) is 13.8 Å². The normalized spacial score (nSPS) is 13.7. The van der Waals surface area contributed by atoms with E-state index in [0.29, 0.717) is 16.8 Å². The number of aromatic carboxylic acids is 1. The van der Waals surface area contributed by atoms with Crippen molar-refractivity contribution in [2.45, 2.75) is 38.1 Å². The van der Waals surface area contributed by atoms with E-state index in [1.54, 1.807) is 6.92 Å². The van der Waals surface area contributed by atoms with E-state index in [1.807, 2.05) is 13.8 Å². The van der Waals surface area contributed by atoms with Gasteiger partial charge in [-0.15, -0.1) is 11.3 Å². The summed E-state index contributed by atoms with van der Waals surface area (Å²) in [7, 11) is -3.67. The lowest BCUT2D eigenvalue weighted by Gasteiger charge is -2.25. The van der Waals surface area contributed by atoms with Gasteiger partial charge in [0.1, 0.15) is 9.77 Å². The van der Waals surface area contributed by atoms with Crippen LogP contribution in [0.4, 0.5) is 0 Å². The zero-order chi connectivity index (χ0) is 14.8. The van der Waals surface area contributed by atoms with Crippen molar-refractivity contribution in [3.63, 3.8) is 0 Å². The quantitative estimate of drug-likeness (QED) is 0.835. The van der Waals surface area contributed by atoms with Crippen LogP contribution in [0.1, 0.15) is 36.9 Å². The number of thiophene rings is 1. The Labute approximate surface area is 125 Å². The number of carbonyl (C=O) groups is 1. The first-order chi connectivity index (χ1) is 8.75. The van der Waals surface area contributed by atoms with Gasteiger partial charge >= 0.3 is 5.97 Å². The Bertz CT molecular complexity index is 567. The molecule has 19 heavy (non-hydrogen) atoms. The van der Waals surface area contributed by atoms with Crippen LogP contribution in [-0.4, -0.2) is 36.4 Å². The highest BCUT2D eigenvalue weighted by atomic mass is 79.9. The van der Waals surface area contributed by atoms with E-state index in [-0.39, 0.29) is 15.8 Å². The predicted octanol–water partition coefficient (Wildman–Crippen LogP) is 3.02. The minimum absolute atomic E-state index is 0.00524. The number of carboxylic acid groups (broad SMARTS) is 1. The van der Waals surface area contributed by atoms with Crippen LogP contribution in [0.5, 0.6) is 0 Å². The van der Waals surface area contributed by atoms with Crippen molar-refractivity contribution in [3.05, 3.63) is 14.7 Å². The maximum Gasteiger partial charge on any atom is 0.345 e. The van der Waals surface area contributed by atoms with Crippen LogP contribution in [0.15, 0.2) is 14.7 Å². The standard InChI is InChI=1S/C11H16BrNO4S2/c1-4-7(3)13(5-2)19(16,17)9-6-8(11(14)15)18-10(9)12/h6-7H,4-5H2,1-3H3,(H,14,15). The fraction of sp³-hybridized carbons (Fsp3) is 0.545. The molecule has 0 aromatic carbocycles. The van der Waals surface area contributed by atoms with Crippen LogP contribution < -0.4 is 0 Å². The number of rotatable bonds is 6. The maximum absolute atomic E-state index is 12.5. The summed E-state index contributed by atoms with van der Waals surface area (Å²) in [4.78, 5) is 10.9. The number of carboxylic acids is 1. The average Bonchev–Trinajstić information content (AvgIpc) is 2.72. The molecule has 1 heterocycles. The highest BCUT2D eigenvalue weighted by molar-refractivity contribution is 9.11. The molecule has 0 saturated carbocycles. The zero-order valence-corrected chi connectivity index (χ0v) is 14.1. The van der Waals surface area contributed by atoms with Crippen molar-refractivity contribution >= 4 is 43.3 Å². The molecule has 1 aromatic rings. The third kappa shape index (κ3) is 3.36. The molecule has 5 nitrogen and oxygen atoms in total. The molecule has 8 heteroatoms. The molecule has 1 rings (SSSR count). The van der Waals surface area contributed by atoms with Crippen LogP contribution in [0.3, 0.4) is 0 Å². The van der Waals surface area contributed by atoms with Gasteiger partial charge in [-0.2, -0.15) is 4.31 Å². The average molecular weight is 370 g/mol. The van der Waals surface area contributed by atoms with E-state index in [9.17, 15) is 13.2 Å². The van der Waals surface area contributed by atoms with Crippen LogP contribution in [0.2, 0.25) is 0 Å². The molecule has 1 unspecified atom stereocenters. The van der Waals surface area contributed by atoms with Crippen molar-refractivity contribution < 1.29 is 18.3 Å². The molecule has 0 saturated heterocycles. The van der Waals surface area contributed by atoms with Gasteiger partial charge in [-0.25, -0.2) is 13.2 Å². The SMILES string of the molecule is CCC(C)N(CC)S(=O)(=O)c1cc(C(=O)O)sc1Br. The summed E-state index contributed by atoms with van der Waals surface area (Å²) in [6, 6.07) is 1.08. The Morgan fingerprint density at radius 1 is 1.53 bits per heavy atom. The highest BCUT2D eigenvalue weighted by Gasteiger charge is 2.31. The molecule has 0 aliphatic heterocycles. The molecular weight excluding hydrogens is 354 g/mol. The molecule has 1 atom stereocenters. The molecule has 0 aliphatic rings. The molecule has 0 amide bonds. The summed E-state index contributed by atoms with van der Waals surface area (Å²) in [6.45, 7) is 5.86. The Kier molecular flexibility index (Phi) is 5.54. The number of nitrogens with zero attached hydrogens (tertiary/aromatic N) is 1. The molecule has 0 spiro atoms. The largest absolute Gasteiger partial charge is 0.477 e. The first-order valence-electron chi connectivity index (χ1n) is 5.80. The third-order valence-electron chi connectivity index (χ3n) is 2.85. The van der Waals surface area contributed by atoms with E-state index >= 15 is 0 Å². The number of hydrogen-bond acceptors (Lipinski definition) is 4. The lowest BCUT2D eigenvalue weighted by atomic mass is 10.3. The minimum atomic E-state index is -3.67. The van der Waals surface area contributed by atoms with Gasteiger partial charge in [0.15, 0.2) is 0 Å². The Morgan fingerprint density at radius 2 is 2.11 bits per heavy atom. The predicted molar refractivity (Wildman–Crippen MR) is 78.3 cm³/mol. The van der Waals surface area contributed by atoms with Crippen LogP contribution >= 0.6 is 27.3 Å². The molecule has 0 bridgehead atoms. The second-order valence-electron chi connectivity index (χ2n) is 4.02. The van der Waals surface area contributed by atoms with Crippen molar-refractivity contribution in [2.24, 2.45) is 0 Å². The Morgan fingerprint density at radius 3 is 2.47 bits per heavy atom. The zero-order valence-electron chi connectivity index (χ0n) is 10.9. The lowest BCUT2D eigenvalue weighted by Crippen LogP contribution is -2.38. The lowest BCUT2D eigenvalue weighted by molar-refractivity contribution is 0.0702. The molecule has 1 N–H and O–H groups in total. The molecule has 0 fully saturated rings. The number of sulfonamides is 1. The summed E-state index contributed by atoms with van der Waals surface area (Å²) >= 11 is 4.05. The van der Waals surface area contributed by atoms with Crippen LogP contribution in [0.25, 0.3) is 0 Å². The van der Waals surface area contributed by atoms with Gasteiger partial charge in [-0.3, -0.25) is 0 Å². The first kappa shape index (κ1) is 16.6. The van der Waals surface area contributed by atoms with Gasteiger partial charge < -0.3 is 5.11 Å². The maximum atomic E-state index is 12.5. The monoisotopic (exact) mass is 369 g/mol. The summed E-state index contributed by atoms with van der Waals surface area (Å²) in [5.74, 6) is -1.13. The van der Waals surface area contributed by atoms with Gasteiger partial charge in [0.05, 0.1) is 3.79 Å². The van der Waals surface area contributed by atoms with E-state index in [4.69, 9.17) is 5.11 Å². The first-order valence-corrected chi connectivity index (χ1v) is 8.85. The third-order valence-corrected chi connectivity index (χ3v) is 7.18. The van der Waals surface area contributed by atoms with Crippen molar-refractivity contribution in [1.82, 2.24) is 4.31 Å². The fourth-order valence-corrected chi connectivity index (χ4v) is 5.75. The number of hydrogen-bond donors (Lipinski definition) is 1. The van der Waals surface area contributed by atoms with Crippen molar-refractivity contribution in [3.8, 4) is 0 Å². The van der Waals surface area contributed by atoms with E-state index < -0.39 is 16.0 Å². The van der Waals surface area contributed by atoms with Gasteiger partial charge in [0, 0.05) is 12.6 Å². The summed E-state index contributed by atoms with van der Waals surface area (Å²) < 4.78 is 26.8. The minimum Gasteiger partial charge on any atom is -0.477 e. The second-order valence-corrected chi connectivity index (χ2v) is 8.25. The van der Waals surface area contributed by atoms with Gasteiger partial charge in [0.25, 0.3) is 0 Å². The van der Waals surface area contributed by atoms with Crippen LogP contribution in [0, 0.1) is 0 Å². The fourth-order valence-electron chi connectivity index (χ4n) is 1.68. The Balaban J connectivity index is 3.30. The van der Waals surface area contributed by atoms with E-state index in [2.05, 4.69) is 15.9 Å². The topological polar surface area (TPSA) is 74.7 Å². The van der Waals surface area contributed by atoms with Crippen molar-refractivity contribution in [1.29, 1.82) is 0 Å². The summed E-state index contributed by atoms with van der Waals surface area (Å²) in [6.07, 6.45) is 0.695. The molecular formula is C11H16BrNO4S2. The van der Waals surface area contributed by atoms with Crippen molar-refractivity contribution in [2.75, 3.05) is 6.54 Å². The summed E-state index contributed by atoms with van der Waals surface area (Å²) in [5.41, 5.74) is 0. The van der Waals surface area contributed by atoms with E-state index in [1.165, 1.54) is 10.4 Å². The summed E-state index contributed by atoms with van der Waals surface area (Å²) in [5, 5.41) is 8.92. The van der Waals surface area contributed by atoms with Gasteiger partial charge in [-0.05, 0) is 35.3 Å². The second kappa shape index (κ2) is 6.34. The molecule has 0 radical (unpaired) electrons. The van der Waals surface area contributed by atoms with Gasteiger partial charge in [0.2, 0.25) is 10.0 Å². The molecule has 0 aliphatic carbocycles. The van der Waals surface area contributed by atoms with E-state index in [0.717, 1.165) is 11.3 Å².